The average Bonchev–Trinajstić information content (AvgIpc) is 2.64. The summed E-state index contributed by atoms with van der Waals surface area (Å²) in [4.78, 5) is 14.6. The van der Waals surface area contributed by atoms with E-state index in [0.29, 0.717) is 5.92 Å². The Morgan fingerprint density at radius 3 is 2.55 bits per heavy atom. The highest BCUT2D eigenvalue weighted by Gasteiger charge is 2.40. The van der Waals surface area contributed by atoms with E-state index in [9.17, 15) is 4.79 Å². The fourth-order valence-electron chi connectivity index (χ4n) is 2.83. The van der Waals surface area contributed by atoms with Crippen LogP contribution in [-0.4, -0.2) is 43.3 Å². The quantitative estimate of drug-likeness (QED) is 0.745. The molecular weight excluding hydrogens is 252 g/mol. The number of methoxy groups -OCH3 is 1. The number of nitrogens with zero attached hydrogens (tertiary/aromatic N) is 1. The molecule has 1 rings (SSSR count). The van der Waals surface area contributed by atoms with Gasteiger partial charge >= 0.3 is 0 Å². The van der Waals surface area contributed by atoms with Crippen LogP contribution in [0.5, 0.6) is 0 Å². The first-order valence-corrected chi connectivity index (χ1v) is 7.86. The van der Waals surface area contributed by atoms with Gasteiger partial charge in [0.1, 0.15) is 0 Å². The molecule has 0 aromatic carbocycles. The maximum Gasteiger partial charge on any atom is 0.241 e. The monoisotopic (exact) mass is 284 g/mol. The van der Waals surface area contributed by atoms with Crippen molar-refractivity contribution in [2.45, 2.75) is 66.1 Å². The number of hydrogen-bond donors (Lipinski definition) is 1. The Hall–Kier alpha value is -0.610. The second-order valence-electron chi connectivity index (χ2n) is 7.15. The Kier molecular flexibility index (Phi) is 6.46. The minimum Gasteiger partial charge on any atom is -0.385 e. The van der Waals surface area contributed by atoms with Gasteiger partial charge in [-0.2, -0.15) is 0 Å². The van der Waals surface area contributed by atoms with Crippen LogP contribution in [-0.2, 0) is 9.53 Å². The molecule has 118 valence electrons. The fourth-order valence-corrected chi connectivity index (χ4v) is 2.83. The van der Waals surface area contributed by atoms with E-state index in [1.54, 1.807) is 7.11 Å². The fraction of sp³-hybridized carbons (Fsp3) is 0.938. The van der Waals surface area contributed by atoms with Crippen molar-refractivity contribution in [2.75, 3.05) is 20.3 Å². The van der Waals surface area contributed by atoms with Crippen LogP contribution in [0.4, 0.5) is 0 Å². The van der Waals surface area contributed by atoms with Crippen molar-refractivity contribution in [3.8, 4) is 0 Å². The van der Waals surface area contributed by atoms with Crippen LogP contribution in [0.15, 0.2) is 0 Å². The minimum absolute atomic E-state index is 0.00169. The summed E-state index contributed by atoms with van der Waals surface area (Å²) in [5.74, 6) is 0.812. The molecule has 0 spiro atoms. The van der Waals surface area contributed by atoms with Gasteiger partial charge in [0.2, 0.25) is 5.91 Å². The smallest absolute Gasteiger partial charge is 0.241 e. The van der Waals surface area contributed by atoms with Gasteiger partial charge in [0, 0.05) is 20.3 Å². The highest BCUT2D eigenvalue weighted by Crippen LogP contribution is 2.27. The second-order valence-corrected chi connectivity index (χ2v) is 7.15. The third-order valence-corrected chi connectivity index (χ3v) is 4.03. The molecule has 1 aliphatic rings. The molecule has 1 aliphatic heterocycles. The third-order valence-electron chi connectivity index (χ3n) is 4.03. The molecule has 0 saturated carbocycles. The zero-order valence-electron chi connectivity index (χ0n) is 14.0. The van der Waals surface area contributed by atoms with Crippen molar-refractivity contribution in [1.29, 1.82) is 0 Å². The van der Waals surface area contributed by atoms with Crippen molar-refractivity contribution in [2.24, 2.45) is 11.3 Å². The predicted molar refractivity (Wildman–Crippen MR) is 82.4 cm³/mol. The molecule has 0 aromatic rings. The molecule has 0 bridgehead atoms. The van der Waals surface area contributed by atoms with E-state index in [1.807, 2.05) is 4.90 Å². The summed E-state index contributed by atoms with van der Waals surface area (Å²) in [7, 11) is 1.73. The summed E-state index contributed by atoms with van der Waals surface area (Å²) in [5, 5.41) is 3.50. The summed E-state index contributed by atoms with van der Waals surface area (Å²) >= 11 is 0. The van der Waals surface area contributed by atoms with Gasteiger partial charge < -0.3 is 9.64 Å². The van der Waals surface area contributed by atoms with Gasteiger partial charge in [0.25, 0.3) is 0 Å². The van der Waals surface area contributed by atoms with Crippen LogP contribution >= 0.6 is 0 Å². The number of hydrogen-bond acceptors (Lipinski definition) is 3. The predicted octanol–water partition coefficient (Wildman–Crippen LogP) is 2.63. The van der Waals surface area contributed by atoms with Crippen LogP contribution in [0.3, 0.4) is 0 Å². The summed E-state index contributed by atoms with van der Waals surface area (Å²) in [6.45, 7) is 12.4. The first-order valence-electron chi connectivity index (χ1n) is 7.86. The lowest BCUT2D eigenvalue weighted by molar-refractivity contribution is -0.131. The van der Waals surface area contributed by atoms with Gasteiger partial charge in [-0.15, -0.1) is 0 Å². The molecular formula is C16H32N2O2. The van der Waals surface area contributed by atoms with E-state index in [-0.39, 0.29) is 23.5 Å². The number of carbonyl (C=O) groups excluding carboxylic acids is 1. The summed E-state index contributed by atoms with van der Waals surface area (Å²) in [5.41, 5.74) is 0.0908. The number of ether oxygens (including phenoxy) is 1. The van der Waals surface area contributed by atoms with Gasteiger partial charge in [-0.05, 0) is 30.6 Å². The van der Waals surface area contributed by atoms with Gasteiger partial charge in [0.05, 0.1) is 12.2 Å². The molecule has 0 aliphatic carbocycles. The summed E-state index contributed by atoms with van der Waals surface area (Å²) in [6.07, 6.45) is 3.04. The molecule has 2 unspecified atom stereocenters. The molecule has 20 heavy (non-hydrogen) atoms. The molecule has 1 heterocycles. The van der Waals surface area contributed by atoms with Gasteiger partial charge in [-0.3, -0.25) is 10.1 Å². The number of amides is 1. The van der Waals surface area contributed by atoms with E-state index in [0.717, 1.165) is 32.4 Å². The maximum absolute atomic E-state index is 12.6. The molecule has 2 atom stereocenters. The van der Waals surface area contributed by atoms with Crippen LogP contribution in [0.2, 0.25) is 0 Å². The van der Waals surface area contributed by atoms with E-state index < -0.39 is 0 Å². The van der Waals surface area contributed by atoms with E-state index in [1.165, 1.54) is 0 Å². The van der Waals surface area contributed by atoms with Crippen molar-refractivity contribution < 1.29 is 9.53 Å². The van der Waals surface area contributed by atoms with Crippen LogP contribution in [0, 0.1) is 11.3 Å². The molecule has 1 amide bonds. The Bertz CT molecular complexity index is 316. The SMILES string of the molecule is CCC1NC(CC(C)C)C(=O)N1CC(C)(C)CCOC. The molecule has 1 fully saturated rings. The Labute approximate surface area is 124 Å². The van der Waals surface area contributed by atoms with Crippen LogP contribution in [0.25, 0.3) is 0 Å². The second kappa shape index (κ2) is 7.41. The molecule has 1 saturated heterocycles. The maximum atomic E-state index is 12.6. The largest absolute Gasteiger partial charge is 0.385 e. The van der Waals surface area contributed by atoms with Gasteiger partial charge in [-0.25, -0.2) is 0 Å². The number of rotatable bonds is 8. The Morgan fingerprint density at radius 1 is 1.40 bits per heavy atom. The van der Waals surface area contributed by atoms with Crippen LogP contribution < -0.4 is 5.32 Å². The van der Waals surface area contributed by atoms with Crippen molar-refractivity contribution in [1.82, 2.24) is 10.2 Å². The molecule has 0 aromatic heterocycles. The summed E-state index contributed by atoms with van der Waals surface area (Å²) in [6, 6.07) is -0.00169. The standard InChI is InChI=1S/C16H32N2O2/c1-7-14-17-13(10-12(2)3)15(19)18(14)11-16(4,5)8-9-20-6/h12-14,17H,7-11H2,1-6H3. The summed E-state index contributed by atoms with van der Waals surface area (Å²) < 4.78 is 5.18. The number of nitrogens with one attached hydrogen (secondary N) is 1. The van der Waals surface area contributed by atoms with Crippen molar-refractivity contribution in [3.63, 3.8) is 0 Å². The topological polar surface area (TPSA) is 41.6 Å². The lowest BCUT2D eigenvalue weighted by atomic mass is 9.88. The highest BCUT2D eigenvalue weighted by molar-refractivity contribution is 5.84. The zero-order valence-corrected chi connectivity index (χ0v) is 14.0. The lowest BCUT2D eigenvalue weighted by Crippen LogP contribution is -2.43. The van der Waals surface area contributed by atoms with Gasteiger partial charge in [0.15, 0.2) is 0 Å². The molecule has 4 nitrogen and oxygen atoms in total. The van der Waals surface area contributed by atoms with E-state index >= 15 is 0 Å². The first kappa shape index (κ1) is 17.4. The van der Waals surface area contributed by atoms with E-state index in [2.05, 4.69) is 39.9 Å². The van der Waals surface area contributed by atoms with Crippen molar-refractivity contribution in [3.05, 3.63) is 0 Å². The first-order chi connectivity index (χ1) is 9.30. The number of carbonyl (C=O) groups is 1. The lowest BCUT2D eigenvalue weighted by Gasteiger charge is -2.33. The molecule has 4 heteroatoms. The molecule has 0 radical (unpaired) electrons. The normalized spacial score (nSPS) is 23.9. The molecule has 1 N–H and O–H groups in total. The zero-order chi connectivity index (χ0) is 15.3. The van der Waals surface area contributed by atoms with Gasteiger partial charge in [-0.1, -0.05) is 34.6 Å². The third kappa shape index (κ3) is 4.74. The Morgan fingerprint density at radius 2 is 2.05 bits per heavy atom. The Balaban J connectivity index is 2.69. The average molecular weight is 284 g/mol. The van der Waals surface area contributed by atoms with Crippen LogP contribution in [0.1, 0.15) is 53.9 Å². The van der Waals surface area contributed by atoms with E-state index in [4.69, 9.17) is 4.74 Å². The van der Waals surface area contributed by atoms with Crippen molar-refractivity contribution >= 4 is 5.91 Å². The minimum atomic E-state index is -0.00169. The highest BCUT2D eigenvalue weighted by atomic mass is 16.5.